The van der Waals surface area contributed by atoms with Crippen molar-refractivity contribution < 1.29 is 9.84 Å². The molecule has 0 aliphatic heterocycles. The maximum atomic E-state index is 12.3. The Morgan fingerprint density at radius 1 is 1.04 bits per heavy atom. The van der Waals surface area contributed by atoms with Gasteiger partial charge in [-0.2, -0.15) is 0 Å². The van der Waals surface area contributed by atoms with Crippen molar-refractivity contribution in [3.8, 4) is 28.4 Å². The molecule has 0 spiro atoms. The number of phenolic OH excluding ortho intramolecular Hbond substituents is 1. The van der Waals surface area contributed by atoms with Crippen molar-refractivity contribution in [2.45, 2.75) is 0 Å². The highest BCUT2D eigenvalue weighted by molar-refractivity contribution is 5.96. The summed E-state index contributed by atoms with van der Waals surface area (Å²) in [7, 11) is 1.70. The number of hydrogen-bond acceptors (Lipinski definition) is 3. The van der Waals surface area contributed by atoms with Gasteiger partial charge in [0.05, 0.1) is 0 Å². The van der Waals surface area contributed by atoms with Gasteiger partial charge in [0.15, 0.2) is 0 Å². The Kier molecular flexibility index (Phi) is 3.54. The monoisotopic (exact) mass is 332 g/mol. The number of H-pyrrole nitrogens is 1. The van der Waals surface area contributed by atoms with E-state index in [1.807, 2.05) is 36.4 Å². The van der Waals surface area contributed by atoms with E-state index in [1.165, 1.54) is 4.57 Å². The van der Waals surface area contributed by atoms with Gasteiger partial charge in [0.1, 0.15) is 22.8 Å². The molecule has 0 radical (unpaired) electrons. The molecule has 2 N–H and O–H groups in total. The lowest BCUT2D eigenvalue weighted by Gasteiger charge is -2.13. The molecule has 0 amide bonds. The van der Waals surface area contributed by atoms with Crippen molar-refractivity contribution in [1.82, 2.24) is 9.55 Å². The molecular weight excluding hydrogens is 316 g/mol. The molecule has 5 heteroatoms. The summed E-state index contributed by atoms with van der Waals surface area (Å²) in [4.78, 5) is 15.3. The third-order valence-electron chi connectivity index (χ3n) is 4.12. The van der Waals surface area contributed by atoms with E-state index in [4.69, 9.17) is 4.74 Å². The minimum Gasteiger partial charge on any atom is -0.508 e. The lowest BCUT2D eigenvalue weighted by molar-refractivity contribution is 0.465. The molecule has 2 heterocycles. The second-order valence-electron chi connectivity index (χ2n) is 5.82. The van der Waals surface area contributed by atoms with Gasteiger partial charge in [-0.1, -0.05) is 18.2 Å². The Bertz CT molecular complexity index is 1110. The Labute approximate surface area is 143 Å². The normalized spacial score (nSPS) is 10.9. The number of fused-ring (bicyclic) bond motifs is 1. The van der Waals surface area contributed by atoms with Gasteiger partial charge in [-0.15, -0.1) is 0 Å². The lowest BCUT2D eigenvalue weighted by atomic mass is 10.0. The number of hydrogen-bond donors (Lipinski definition) is 2. The largest absolute Gasteiger partial charge is 0.508 e. The molecule has 0 atom stereocenters. The van der Waals surface area contributed by atoms with Gasteiger partial charge < -0.3 is 19.4 Å². The molecular formula is C20H16N2O3. The van der Waals surface area contributed by atoms with Crippen LogP contribution in [-0.2, 0) is 7.05 Å². The molecule has 2 aromatic heterocycles. The first-order valence-electron chi connectivity index (χ1n) is 7.86. The molecule has 0 aliphatic rings. The Morgan fingerprint density at radius 2 is 1.84 bits per heavy atom. The van der Waals surface area contributed by atoms with Crippen molar-refractivity contribution in [2.24, 2.45) is 7.05 Å². The zero-order valence-corrected chi connectivity index (χ0v) is 13.6. The molecule has 0 saturated heterocycles. The second kappa shape index (κ2) is 5.87. The first kappa shape index (κ1) is 15.1. The first-order valence-corrected chi connectivity index (χ1v) is 7.86. The number of aromatic nitrogens is 2. The van der Waals surface area contributed by atoms with Crippen LogP contribution in [0.5, 0.6) is 17.2 Å². The van der Waals surface area contributed by atoms with E-state index in [0.717, 1.165) is 10.9 Å². The SMILES string of the molecule is Cn1cc(-c2cc(O)ccc2Oc2ccccc2)c2cc[nH]c2c1=O. The fourth-order valence-electron chi connectivity index (χ4n) is 2.92. The van der Waals surface area contributed by atoms with Crippen molar-refractivity contribution >= 4 is 10.9 Å². The number of pyridine rings is 1. The summed E-state index contributed by atoms with van der Waals surface area (Å²) in [6.07, 6.45) is 3.49. The first-order chi connectivity index (χ1) is 12.1. The second-order valence-corrected chi connectivity index (χ2v) is 5.82. The molecule has 25 heavy (non-hydrogen) atoms. The van der Waals surface area contributed by atoms with Crippen LogP contribution in [-0.4, -0.2) is 14.7 Å². The quantitative estimate of drug-likeness (QED) is 0.595. The topological polar surface area (TPSA) is 67.2 Å². The van der Waals surface area contributed by atoms with E-state index in [9.17, 15) is 9.90 Å². The number of aromatic amines is 1. The number of benzene rings is 2. The van der Waals surface area contributed by atoms with Crippen LogP contribution in [0.4, 0.5) is 0 Å². The average Bonchev–Trinajstić information content (AvgIpc) is 3.11. The van der Waals surface area contributed by atoms with Crippen molar-refractivity contribution in [3.63, 3.8) is 0 Å². The van der Waals surface area contributed by atoms with Gasteiger partial charge in [0.2, 0.25) is 0 Å². The highest BCUT2D eigenvalue weighted by Gasteiger charge is 2.15. The van der Waals surface area contributed by atoms with Crippen LogP contribution >= 0.6 is 0 Å². The molecule has 0 unspecified atom stereocenters. The fraction of sp³-hybridized carbons (Fsp3) is 0.0500. The predicted molar refractivity (Wildman–Crippen MR) is 97.2 cm³/mol. The number of nitrogens with zero attached hydrogens (tertiary/aromatic N) is 1. The van der Waals surface area contributed by atoms with Crippen LogP contribution in [0.2, 0.25) is 0 Å². The number of phenols is 1. The molecule has 124 valence electrons. The lowest BCUT2D eigenvalue weighted by Crippen LogP contribution is -2.16. The molecule has 0 aliphatic carbocycles. The summed E-state index contributed by atoms with van der Waals surface area (Å²) >= 11 is 0. The van der Waals surface area contributed by atoms with Gasteiger partial charge in [0, 0.05) is 36.0 Å². The summed E-state index contributed by atoms with van der Waals surface area (Å²) in [5, 5.41) is 10.8. The average molecular weight is 332 g/mol. The Morgan fingerprint density at radius 3 is 2.64 bits per heavy atom. The van der Waals surface area contributed by atoms with Gasteiger partial charge in [-0.3, -0.25) is 4.79 Å². The fourth-order valence-corrected chi connectivity index (χ4v) is 2.92. The van der Waals surface area contributed by atoms with Crippen molar-refractivity contribution in [1.29, 1.82) is 0 Å². The van der Waals surface area contributed by atoms with E-state index >= 15 is 0 Å². The minimum atomic E-state index is -0.102. The standard InChI is InChI=1S/C20H16N2O3/c1-22-12-17(15-9-10-21-19(15)20(22)24)16-11-13(23)7-8-18(16)25-14-5-3-2-4-6-14/h2-12,21,23H,1H3. The number of aromatic hydroxyl groups is 1. The van der Waals surface area contributed by atoms with E-state index in [1.54, 1.807) is 37.6 Å². The zero-order chi connectivity index (χ0) is 17.4. The summed E-state index contributed by atoms with van der Waals surface area (Å²) in [5.74, 6) is 1.43. The summed E-state index contributed by atoms with van der Waals surface area (Å²) in [5.41, 5.74) is 1.94. The van der Waals surface area contributed by atoms with E-state index in [-0.39, 0.29) is 11.3 Å². The van der Waals surface area contributed by atoms with Gasteiger partial charge in [-0.05, 0) is 36.4 Å². The van der Waals surface area contributed by atoms with E-state index < -0.39 is 0 Å². The number of aryl methyl sites for hydroxylation is 1. The Balaban J connectivity index is 1.94. The number of rotatable bonds is 3. The molecule has 5 nitrogen and oxygen atoms in total. The number of para-hydroxylation sites is 1. The third kappa shape index (κ3) is 2.65. The minimum absolute atomic E-state index is 0.102. The maximum absolute atomic E-state index is 12.3. The van der Waals surface area contributed by atoms with Gasteiger partial charge in [0.25, 0.3) is 5.56 Å². The molecule has 0 saturated carbocycles. The molecule has 2 aromatic carbocycles. The Hall–Kier alpha value is -3.47. The van der Waals surface area contributed by atoms with E-state index in [0.29, 0.717) is 22.6 Å². The third-order valence-corrected chi connectivity index (χ3v) is 4.12. The van der Waals surface area contributed by atoms with Crippen LogP contribution in [0.1, 0.15) is 0 Å². The maximum Gasteiger partial charge on any atom is 0.274 e. The highest BCUT2D eigenvalue weighted by atomic mass is 16.5. The summed E-state index contributed by atoms with van der Waals surface area (Å²) < 4.78 is 7.52. The number of ether oxygens (including phenoxy) is 1. The molecule has 0 fully saturated rings. The van der Waals surface area contributed by atoms with Crippen LogP contribution < -0.4 is 10.3 Å². The van der Waals surface area contributed by atoms with Gasteiger partial charge in [-0.25, -0.2) is 0 Å². The molecule has 4 aromatic rings. The van der Waals surface area contributed by atoms with Gasteiger partial charge >= 0.3 is 0 Å². The number of nitrogens with one attached hydrogen (secondary N) is 1. The van der Waals surface area contributed by atoms with Crippen LogP contribution in [0.15, 0.2) is 71.8 Å². The zero-order valence-electron chi connectivity index (χ0n) is 13.6. The van der Waals surface area contributed by atoms with E-state index in [2.05, 4.69) is 4.98 Å². The smallest absolute Gasteiger partial charge is 0.274 e. The summed E-state index contributed by atoms with van der Waals surface area (Å²) in [6.45, 7) is 0. The van der Waals surface area contributed by atoms with Crippen LogP contribution in [0, 0.1) is 0 Å². The van der Waals surface area contributed by atoms with Crippen molar-refractivity contribution in [3.05, 3.63) is 77.3 Å². The van der Waals surface area contributed by atoms with Crippen LogP contribution in [0.3, 0.4) is 0 Å². The van der Waals surface area contributed by atoms with Crippen molar-refractivity contribution in [2.75, 3.05) is 0 Å². The molecule has 0 bridgehead atoms. The molecule has 4 rings (SSSR count). The summed E-state index contributed by atoms with van der Waals surface area (Å²) in [6, 6.07) is 16.2. The highest BCUT2D eigenvalue weighted by Crippen LogP contribution is 2.38. The van der Waals surface area contributed by atoms with Crippen LogP contribution in [0.25, 0.3) is 22.0 Å². The predicted octanol–water partition coefficient (Wildman–Crippen LogP) is 4.03.